The zero-order valence-electron chi connectivity index (χ0n) is 13.9. The first-order valence-corrected chi connectivity index (χ1v) is 8.80. The van der Waals surface area contributed by atoms with Gasteiger partial charge in [-0.15, -0.1) is 11.3 Å². The van der Waals surface area contributed by atoms with Crippen molar-refractivity contribution in [3.63, 3.8) is 0 Å². The van der Waals surface area contributed by atoms with Gasteiger partial charge in [0.1, 0.15) is 12.4 Å². The molecule has 0 aliphatic rings. The molecule has 0 fully saturated rings. The molecule has 0 amide bonds. The van der Waals surface area contributed by atoms with Gasteiger partial charge in [0, 0.05) is 17.8 Å². The van der Waals surface area contributed by atoms with Crippen LogP contribution >= 0.6 is 11.3 Å². The van der Waals surface area contributed by atoms with Crippen LogP contribution in [0.5, 0.6) is 5.88 Å². The van der Waals surface area contributed by atoms with Crippen LogP contribution in [0.25, 0.3) is 16.8 Å². The van der Waals surface area contributed by atoms with Gasteiger partial charge in [-0.25, -0.2) is 14.2 Å². The van der Waals surface area contributed by atoms with Gasteiger partial charge in [-0.1, -0.05) is 24.3 Å². The Morgan fingerprint density at radius 3 is 2.73 bits per heavy atom. The molecule has 5 nitrogen and oxygen atoms in total. The van der Waals surface area contributed by atoms with E-state index in [1.165, 1.54) is 27.9 Å². The van der Waals surface area contributed by atoms with Crippen molar-refractivity contribution in [3.05, 3.63) is 80.9 Å². The Morgan fingerprint density at radius 2 is 2.00 bits per heavy atom. The van der Waals surface area contributed by atoms with Crippen LogP contribution in [-0.4, -0.2) is 14.7 Å². The standard InChI is InChI=1S/C19H14FN3O2S/c1-12-21-10-13(26-12)11-23-16-8-4-5-9-22(16)18(24)17(19(23)25)14-6-2-3-7-15(14)20/h2-10H,11H2,1H3/p+1. The molecule has 0 aliphatic carbocycles. The van der Waals surface area contributed by atoms with Gasteiger partial charge in [0.25, 0.3) is 11.5 Å². The summed E-state index contributed by atoms with van der Waals surface area (Å²) >= 11 is 1.50. The van der Waals surface area contributed by atoms with E-state index in [0.717, 1.165) is 9.88 Å². The molecule has 0 unspecified atom stereocenters. The van der Waals surface area contributed by atoms with Crippen LogP contribution in [0, 0.1) is 12.7 Å². The lowest BCUT2D eigenvalue weighted by atomic mass is 10.1. The Hall–Kier alpha value is -3.06. The minimum absolute atomic E-state index is 0.0620. The monoisotopic (exact) mass is 368 g/mol. The molecule has 0 aliphatic heterocycles. The molecule has 4 aromatic rings. The van der Waals surface area contributed by atoms with Crippen LogP contribution in [0.1, 0.15) is 9.88 Å². The Labute approximate surface area is 152 Å². The fourth-order valence-electron chi connectivity index (χ4n) is 2.98. The third-order valence-corrected chi connectivity index (χ3v) is 5.05. The summed E-state index contributed by atoms with van der Waals surface area (Å²) in [5, 5.41) is 11.8. The summed E-state index contributed by atoms with van der Waals surface area (Å²) in [4.78, 5) is 18.1. The quantitative estimate of drug-likeness (QED) is 0.566. The molecular weight excluding hydrogens is 353 g/mol. The summed E-state index contributed by atoms with van der Waals surface area (Å²) in [5.41, 5.74) is 0.0524. The average Bonchev–Trinajstić information content (AvgIpc) is 3.05. The maximum absolute atomic E-state index is 14.3. The van der Waals surface area contributed by atoms with Crippen molar-refractivity contribution in [3.8, 4) is 17.0 Å². The maximum atomic E-state index is 14.3. The Balaban J connectivity index is 2.04. The molecule has 3 aromatic heterocycles. The highest BCUT2D eigenvalue weighted by atomic mass is 32.1. The zero-order valence-corrected chi connectivity index (χ0v) is 14.7. The van der Waals surface area contributed by atoms with Crippen molar-refractivity contribution in [2.24, 2.45) is 0 Å². The van der Waals surface area contributed by atoms with Gasteiger partial charge in [0.15, 0.2) is 5.56 Å². The first kappa shape index (κ1) is 16.4. The van der Waals surface area contributed by atoms with Crippen LogP contribution in [0.4, 0.5) is 4.39 Å². The number of rotatable bonds is 3. The van der Waals surface area contributed by atoms with Crippen LogP contribution < -0.4 is 9.96 Å². The molecule has 3 heterocycles. The van der Waals surface area contributed by atoms with Gasteiger partial charge in [0.2, 0.25) is 0 Å². The van der Waals surface area contributed by atoms with Crippen molar-refractivity contribution in [2.75, 3.05) is 0 Å². The lowest BCUT2D eigenvalue weighted by Crippen LogP contribution is -2.43. The largest absolute Gasteiger partial charge is 0.477 e. The van der Waals surface area contributed by atoms with Crippen LogP contribution in [0.2, 0.25) is 0 Å². The molecule has 1 aromatic carbocycles. The van der Waals surface area contributed by atoms with E-state index in [9.17, 15) is 14.3 Å². The van der Waals surface area contributed by atoms with E-state index in [4.69, 9.17) is 0 Å². The van der Waals surface area contributed by atoms with Gasteiger partial charge in [-0.05, 0) is 19.1 Å². The highest BCUT2D eigenvalue weighted by Gasteiger charge is 2.26. The number of pyridine rings is 1. The van der Waals surface area contributed by atoms with Crippen LogP contribution in [0.3, 0.4) is 0 Å². The second-order valence-electron chi connectivity index (χ2n) is 5.84. The number of halogens is 1. The SMILES string of the molecule is Cc1ncc(Cn2c(O)c(-c3ccccc3F)c(=O)[n+]3ccccc23)s1. The van der Waals surface area contributed by atoms with Gasteiger partial charge >= 0.3 is 5.56 Å². The number of aromatic nitrogens is 3. The predicted octanol–water partition coefficient (Wildman–Crippen LogP) is 2.91. The van der Waals surface area contributed by atoms with E-state index >= 15 is 0 Å². The lowest BCUT2D eigenvalue weighted by Gasteiger charge is -2.09. The Morgan fingerprint density at radius 1 is 1.23 bits per heavy atom. The van der Waals surface area contributed by atoms with E-state index in [1.807, 2.05) is 6.92 Å². The Bertz CT molecular complexity index is 1180. The van der Waals surface area contributed by atoms with Crippen molar-refractivity contribution in [1.82, 2.24) is 9.55 Å². The fourth-order valence-corrected chi connectivity index (χ4v) is 3.76. The van der Waals surface area contributed by atoms with E-state index in [1.54, 1.807) is 47.3 Å². The van der Waals surface area contributed by atoms with Crippen molar-refractivity contribution >= 4 is 17.0 Å². The van der Waals surface area contributed by atoms with Crippen molar-refractivity contribution in [1.29, 1.82) is 0 Å². The number of nitrogens with zero attached hydrogens (tertiary/aromatic N) is 3. The first-order chi connectivity index (χ1) is 12.6. The second-order valence-corrected chi connectivity index (χ2v) is 7.16. The minimum atomic E-state index is -0.559. The molecular formula is C19H15FN3O2S+. The number of thiazole rings is 1. The highest BCUT2D eigenvalue weighted by Crippen LogP contribution is 2.29. The molecule has 130 valence electrons. The first-order valence-electron chi connectivity index (χ1n) is 7.98. The highest BCUT2D eigenvalue weighted by molar-refractivity contribution is 7.11. The van der Waals surface area contributed by atoms with Crippen molar-refractivity contribution < 1.29 is 13.9 Å². The average molecular weight is 368 g/mol. The van der Waals surface area contributed by atoms with E-state index in [2.05, 4.69) is 4.98 Å². The second kappa shape index (κ2) is 6.34. The molecule has 26 heavy (non-hydrogen) atoms. The third kappa shape index (κ3) is 2.66. The molecule has 0 bridgehead atoms. The number of hydrogen-bond donors (Lipinski definition) is 1. The molecule has 1 N–H and O–H groups in total. The summed E-state index contributed by atoms with van der Waals surface area (Å²) in [5.74, 6) is -0.826. The van der Waals surface area contributed by atoms with Crippen molar-refractivity contribution in [2.45, 2.75) is 13.5 Å². The number of aryl methyl sites for hydroxylation is 1. The topological polar surface area (TPSA) is 59.2 Å². The molecule has 0 spiro atoms. The fraction of sp³-hybridized carbons (Fsp3) is 0.105. The number of fused-ring (bicyclic) bond motifs is 1. The van der Waals surface area contributed by atoms with Gasteiger partial charge in [0.05, 0.1) is 16.1 Å². The molecule has 0 atom stereocenters. The number of hydrogen-bond acceptors (Lipinski definition) is 4. The summed E-state index contributed by atoms with van der Waals surface area (Å²) in [6.07, 6.45) is 3.34. The molecule has 0 radical (unpaired) electrons. The van der Waals surface area contributed by atoms with Crippen LogP contribution in [0.15, 0.2) is 59.7 Å². The van der Waals surface area contributed by atoms with Crippen LogP contribution in [-0.2, 0) is 6.54 Å². The zero-order chi connectivity index (χ0) is 18.3. The molecule has 7 heteroatoms. The van der Waals surface area contributed by atoms with Gasteiger partial charge in [-0.2, -0.15) is 8.97 Å². The number of aromatic hydroxyl groups is 1. The molecule has 0 saturated heterocycles. The minimum Gasteiger partial charge on any atom is -0.477 e. The predicted molar refractivity (Wildman–Crippen MR) is 96.9 cm³/mol. The van der Waals surface area contributed by atoms with Gasteiger partial charge < -0.3 is 5.11 Å². The maximum Gasteiger partial charge on any atom is 0.354 e. The Kier molecular flexibility index (Phi) is 4.00. The van der Waals surface area contributed by atoms with Gasteiger partial charge in [-0.3, -0.25) is 0 Å². The summed E-state index contributed by atoms with van der Waals surface area (Å²) < 4.78 is 17.3. The normalized spacial score (nSPS) is 11.2. The van der Waals surface area contributed by atoms with E-state index < -0.39 is 11.4 Å². The smallest absolute Gasteiger partial charge is 0.354 e. The molecule has 0 saturated carbocycles. The number of benzene rings is 1. The molecule has 4 rings (SSSR count). The third-order valence-electron chi connectivity index (χ3n) is 4.15. The summed E-state index contributed by atoms with van der Waals surface area (Å²) in [7, 11) is 0. The van der Waals surface area contributed by atoms with E-state index in [0.29, 0.717) is 12.2 Å². The van der Waals surface area contributed by atoms with E-state index in [-0.39, 0.29) is 17.0 Å². The summed E-state index contributed by atoms with van der Waals surface area (Å²) in [6, 6.07) is 11.2. The summed E-state index contributed by atoms with van der Waals surface area (Å²) in [6.45, 7) is 2.23. The lowest BCUT2D eigenvalue weighted by molar-refractivity contribution is -0.532.